The van der Waals surface area contributed by atoms with E-state index in [9.17, 15) is 0 Å². The summed E-state index contributed by atoms with van der Waals surface area (Å²) in [6.45, 7) is 10.5. The predicted octanol–water partition coefficient (Wildman–Crippen LogP) is 13.6. The van der Waals surface area contributed by atoms with Crippen LogP contribution in [0.5, 0.6) is 0 Å². The van der Waals surface area contributed by atoms with Crippen LogP contribution in [-0.4, -0.2) is 15.0 Å². The minimum absolute atomic E-state index is 0.868. The zero-order valence-corrected chi connectivity index (χ0v) is 29.5. The third kappa shape index (κ3) is 6.83. The molecule has 2 aromatic heterocycles. The smallest absolute Gasteiger partial charge is 0.0973 e. The number of rotatable bonds is 5. The Morgan fingerprint density at radius 2 is 0.981 bits per heavy atom. The lowest BCUT2D eigenvalue weighted by atomic mass is 10.00. The van der Waals surface area contributed by atoms with Crippen molar-refractivity contribution in [3.05, 3.63) is 189 Å². The molecule has 0 saturated heterocycles. The third-order valence-electron chi connectivity index (χ3n) is 8.75. The first-order chi connectivity index (χ1) is 25.6. The van der Waals surface area contributed by atoms with E-state index in [1.165, 1.54) is 21.5 Å². The fraction of sp³-hybridized carbons (Fsp3) is 0.0417. The number of anilines is 3. The van der Waals surface area contributed by atoms with E-state index in [1.807, 2.05) is 38.1 Å². The van der Waals surface area contributed by atoms with Gasteiger partial charge in [-0.2, -0.15) is 0 Å². The maximum absolute atomic E-state index is 5.17. The Labute approximate surface area is 305 Å². The van der Waals surface area contributed by atoms with Gasteiger partial charge < -0.3 is 9.88 Å². The van der Waals surface area contributed by atoms with Gasteiger partial charge in [-0.3, -0.25) is 0 Å². The van der Waals surface area contributed by atoms with Crippen molar-refractivity contribution in [2.24, 2.45) is 0 Å². The van der Waals surface area contributed by atoms with Gasteiger partial charge in [-0.1, -0.05) is 109 Å². The molecule has 4 nitrogen and oxygen atoms in total. The van der Waals surface area contributed by atoms with Crippen molar-refractivity contribution in [2.75, 3.05) is 4.90 Å². The van der Waals surface area contributed by atoms with E-state index in [0.717, 1.165) is 61.6 Å². The number of nitrogens with zero attached hydrogens (tertiary/aromatic N) is 3. The Kier molecular flexibility index (Phi) is 9.99. The number of allylic oxidation sites excluding steroid dienone is 2. The summed E-state index contributed by atoms with van der Waals surface area (Å²) in [7, 11) is 0. The highest BCUT2D eigenvalue weighted by molar-refractivity contribution is 6.08. The number of hydrogen-bond donors (Lipinski definition) is 1. The first-order valence-corrected chi connectivity index (χ1v) is 17.5. The highest BCUT2D eigenvalue weighted by Gasteiger charge is 2.17. The van der Waals surface area contributed by atoms with E-state index < -0.39 is 0 Å². The topological polar surface area (TPSA) is 44.8 Å². The SMILES string of the molecule is C=CC.C=CC.c1ccc(N(c2ccc(-c3nc4ccccc4nc3-c3ccc4ccccc4c3)cc2)c2ccc3[nH]c4ccccc4c3c2)cc1. The second-order valence-corrected chi connectivity index (χ2v) is 12.4. The van der Waals surface area contributed by atoms with Crippen molar-refractivity contribution in [2.45, 2.75) is 13.8 Å². The van der Waals surface area contributed by atoms with Crippen molar-refractivity contribution in [1.82, 2.24) is 15.0 Å². The van der Waals surface area contributed by atoms with Crippen LogP contribution in [-0.2, 0) is 0 Å². The molecular weight excluding hydrogens is 633 g/mol. The molecule has 0 radical (unpaired) electrons. The molecule has 0 spiro atoms. The quantitative estimate of drug-likeness (QED) is 0.185. The summed E-state index contributed by atoms with van der Waals surface area (Å²) in [6, 6.07) is 57.4. The van der Waals surface area contributed by atoms with Crippen LogP contribution in [0.1, 0.15) is 13.8 Å². The monoisotopic (exact) mass is 672 g/mol. The van der Waals surface area contributed by atoms with Gasteiger partial charge in [-0.15, -0.1) is 13.2 Å². The van der Waals surface area contributed by atoms with Crippen LogP contribution < -0.4 is 4.90 Å². The van der Waals surface area contributed by atoms with Crippen molar-refractivity contribution in [1.29, 1.82) is 0 Å². The minimum Gasteiger partial charge on any atom is -0.355 e. The van der Waals surface area contributed by atoms with E-state index in [1.54, 1.807) is 12.2 Å². The van der Waals surface area contributed by atoms with Gasteiger partial charge >= 0.3 is 0 Å². The van der Waals surface area contributed by atoms with Crippen LogP contribution >= 0.6 is 0 Å². The molecule has 0 saturated carbocycles. The molecule has 0 unspecified atom stereocenters. The standard InChI is InChI=1S/C42H28N4.2C3H6/c1-2-12-32(13-3-1)46(34-24-25-38-36(27-34)35-14-6-7-15-37(35)43-38)33-22-20-29(21-23-33)41-42(45-40-17-9-8-16-39(40)44-41)31-19-18-28-10-4-5-11-30(28)26-31;2*1-3-2/h1-27,43H;2*3H,1H2,2H3. The van der Waals surface area contributed by atoms with Gasteiger partial charge in [0, 0.05) is 50.0 Å². The van der Waals surface area contributed by atoms with Gasteiger partial charge in [0.2, 0.25) is 0 Å². The molecule has 0 aliphatic carbocycles. The summed E-state index contributed by atoms with van der Waals surface area (Å²) in [4.78, 5) is 16.2. The zero-order chi connectivity index (χ0) is 35.9. The molecule has 9 aromatic rings. The van der Waals surface area contributed by atoms with Crippen LogP contribution in [0.3, 0.4) is 0 Å². The summed E-state index contributed by atoms with van der Waals surface area (Å²) in [5, 5.41) is 4.82. The fourth-order valence-electron chi connectivity index (χ4n) is 6.51. The van der Waals surface area contributed by atoms with E-state index in [-0.39, 0.29) is 0 Å². The molecule has 0 atom stereocenters. The normalized spacial score (nSPS) is 10.7. The lowest BCUT2D eigenvalue weighted by Gasteiger charge is -2.26. The van der Waals surface area contributed by atoms with Crippen molar-refractivity contribution in [3.8, 4) is 22.5 Å². The molecule has 0 bridgehead atoms. The van der Waals surface area contributed by atoms with Gasteiger partial charge in [0.15, 0.2) is 0 Å². The summed E-state index contributed by atoms with van der Waals surface area (Å²) < 4.78 is 0. The molecule has 7 aromatic carbocycles. The summed E-state index contributed by atoms with van der Waals surface area (Å²) in [5.74, 6) is 0. The van der Waals surface area contributed by atoms with Gasteiger partial charge in [0.1, 0.15) is 0 Å². The Hall–Kier alpha value is -6.78. The average Bonchev–Trinajstić information content (AvgIpc) is 3.57. The van der Waals surface area contributed by atoms with Gasteiger partial charge in [-0.05, 0) is 91.3 Å². The first kappa shape index (κ1) is 33.7. The second kappa shape index (κ2) is 15.4. The van der Waals surface area contributed by atoms with E-state index in [4.69, 9.17) is 9.97 Å². The molecule has 4 heteroatoms. The highest BCUT2D eigenvalue weighted by atomic mass is 15.1. The number of para-hydroxylation sites is 4. The molecule has 0 aliphatic heterocycles. The highest BCUT2D eigenvalue weighted by Crippen LogP contribution is 2.39. The maximum Gasteiger partial charge on any atom is 0.0973 e. The van der Waals surface area contributed by atoms with E-state index in [2.05, 4.69) is 163 Å². The van der Waals surface area contributed by atoms with Crippen LogP contribution in [0.2, 0.25) is 0 Å². The fourth-order valence-corrected chi connectivity index (χ4v) is 6.51. The Balaban J connectivity index is 0.000000658. The Morgan fingerprint density at radius 1 is 0.462 bits per heavy atom. The molecule has 0 amide bonds. The Morgan fingerprint density at radius 3 is 1.69 bits per heavy atom. The first-order valence-electron chi connectivity index (χ1n) is 17.5. The van der Waals surface area contributed by atoms with Crippen molar-refractivity contribution in [3.63, 3.8) is 0 Å². The van der Waals surface area contributed by atoms with Crippen LogP contribution in [0.25, 0.3) is 66.1 Å². The maximum atomic E-state index is 5.17. The van der Waals surface area contributed by atoms with Crippen LogP contribution in [0.4, 0.5) is 17.1 Å². The number of hydrogen-bond acceptors (Lipinski definition) is 3. The molecule has 9 rings (SSSR count). The molecule has 52 heavy (non-hydrogen) atoms. The Bertz CT molecular complexity index is 2630. The van der Waals surface area contributed by atoms with E-state index >= 15 is 0 Å². The lowest BCUT2D eigenvalue weighted by molar-refractivity contribution is 1.27. The van der Waals surface area contributed by atoms with Crippen LogP contribution in [0.15, 0.2) is 189 Å². The van der Waals surface area contributed by atoms with Gasteiger partial charge in [0.05, 0.1) is 22.4 Å². The minimum atomic E-state index is 0.868. The average molecular weight is 673 g/mol. The van der Waals surface area contributed by atoms with Gasteiger partial charge in [-0.25, -0.2) is 9.97 Å². The number of fused-ring (bicyclic) bond motifs is 5. The van der Waals surface area contributed by atoms with E-state index in [0.29, 0.717) is 0 Å². The number of benzene rings is 7. The van der Waals surface area contributed by atoms with Crippen molar-refractivity contribution >= 4 is 60.7 Å². The summed E-state index contributed by atoms with van der Waals surface area (Å²) >= 11 is 0. The predicted molar refractivity (Wildman–Crippen MR) is 224 cm³/mol. The number of nitrogens with one attached hydrogen (secondary N) is 1. The third-order valence-corrected chi connectivity index (χ3v) is 8.75. The number of aromatic amines is 1. The van der Waals surface area contributed by atoms with Crippen LogP contribution in [0, 0.1) is 0 Å². The summed E-state index contributed by atoms with van der Waals surface area (Å²) in [6.07, 6.45) is 3.50. The molecule has 252 valence electrons. The molecule has 0 aliphatic rings. The number of H-pyrrole nitrogens is 1. The molecular formula is C48H40N4. The second-order valence-electron chi connectivity index (χ2n) is 12.4. The zero-order valence-electron chi connectivity index (χ0n) is 29.5. The number of aromatic nitrogens is 3. The van der Waals surface area contributed by atoms with Crippen molar-refractivity contribution < 1.29 is 0 Å². The molecule has 2 heterocycles. The lowest BCUT2D eigenvalue weighted by Crippen LogP contribution is -2.09. The van der Waals surface area contributed by atoms with Gasteiger partial charge in [0.25, 0.3) is 0 Å². The molecule has 1 N–H and O–H groups in total. The molecule has 0 fully saturated rings. The summed E-state index contributed by atoms with van der Waals surface area (Å²) in [5.41, 5.74) is 11.1. The largest absolute Gasteiger partial charge is 0.355 e.